The van der Waals surface area contributed by atoms with Crippen molar-refractivity contribution < 1.29 is 9.59 Å². The zero-order chi connectivity index (χ0) is 20.4. The predicted octanol–water partition coefficient (Wildman–Crippen LogP) is 2.40. The van der Waals surface area contributed by atoms with Gasteiger partial charge in [0.15, 0.2) is 0 Å². The fourth-order valence-corrected chi connectivity index (χ4v) is 3.17. The summed E-state index contributed by atoms with van der Waals surface area (Å²) in [5.41, 5.74) is 1.59. The minimum Gasteiger partial charge on any atom is -0.349 e. The molecule has 148 valence electrons. The summed E-state index contributed by atoms with van der Waals surface area (Å²) in [6, 6.07) is 14.3. The van der Waals surface area contributed by atoms with E-state index in [0.717, 1.165) is 12.8 Å². The number of fused-ring (bicyclic) bond motifs is 1. The summed E-state index contributed by atoms with van der Waals surface area (Å²) in [6.45, 7) is 0. The van der Waals surface area contributed by atoms with Crippen LogP contribution in [0.3, 0.4) is 0 Å². The Morgan fingerprint density at radius 1 is 1.14 bits per heavy atom. The van der Waals surface area contributed by atoms with Gasteiger partial charge in [0.25, 0.3) is 11.5 Å². The summed E-state index contributed by atoms with van der Waals surface area (Å²) in [5.74, 6) is 0.229. The average Bonchev–Trinajstić information content (AvgIpc) is 3.54. The monoisotopic (exact) mass is 390 g/mol. The molecule has 1 saturated carbocycles. The summed E-state index contributed by atoms with van der Waals surface area (Å²) in [4.78, 5) is 41.5. The van der Waals surface area contributed by atoms with Crippen LogP contribution in [0.25, 0.3) is 10.9 Å². The quantitative estimate of drug-likeness (QED) is 0.676. The molecular formula is C22H22N4O3. The highest BCUT2D eigenvalue weighted by Crippen LogP contribution is 2.20. The van der Waals surface area contributed by atoms with Crippen LogP contribution in [0.15, 0.2) is 53.3 Å². The van der Waals surface area contributed by atoms with Crippen molar-refractivity contribution in [1.82, 2.24) is 14.9 Å². The van der Waals surface area contributed by atoms with Crippen LogP contribution in [0.4, 0.5) is 5.69 Å². The van der Waals surface area contributed by atoms with Crippen LogP contribution in [0.5, 0.6) is 0 Å². The Balaban J connectivity index is 1.42. The minimum absolute atomic E-state index is 0.125. The Kier molecular flexibility index (Phi) is 5.12. The molecule has 1 aromatic heterocycles. The number of carbonyl (C=O) groups excluding carboxylic acids is 2. The van der Waals surface area contributed by atoms with E-state index in [1.54, 1.807) is 49.5 Å². The number of amides is 2. The van der Waals surface area contributed by atoms with E-state index in [4.69, 9.17) is 0 Å². The Bertz CT molecular complexity index is 1150. The van der Waals surface area contributed by atoms with Gasteiger partial charge < -0.3 is 10.6 Å². The highest BCUT2D eigenvalue weighted by Gasteiger charge is 2.23. The predicted molar refractivity (Wildman–Crippen MR) is 111 cm³/mol. The number of carbonyl (C=O) groups is 2. The third-order valence-electron chi connectivity index (χ3n) is 4.97. The Morgan fingerprint density at radius 2 is 1.93 bits per heavy atom. The molecular weight excluding hydrogens is 368 g/mol. The molecule has 2 amide bonds. The number of anilines is 1. The van der Waals surface area contributed by atoms with Crippen molar-refractivity contribution >= 4 is 28.4 Å². The SMILES string of the molecule is Cn1c(CCC(=O)Nc2cccc(C(=O)NC3CC3)c2)nc2ccccc2c1=O. The number of hydrogen-bond donors (Lipinski definition) is 2. The van der Waals surface area contributed by atoms with E-state index < -0.39 is 0 Å². The van der Waals surface area contributed by atoms with Gasteiger partial charge >= 0.3 is 0 Å². The van der Waals surface area contributed by atoms with Crippen LogP contribution >= 0.6 is 0 Å². The van der Waals surface area contributed by atoms with Gasteiger partial charge in [-0.15, -0.1) is 0 Å². The van der Waals surface area contributed by atoms with Gasteiger partial charge in [0, 0.05) is 37.2 Å². The molecule has 1 aliphatic rings. The largest absolute Gasteiger partial charge is 0.349 e. The molecule has 3 aromatic rings. The first-order valence-electron chi connectivity index (χ1n) is 9.67. The number of para-hydroxylation sites is 1. The molecule has 0 unspecified atom stereocenters. The number of aromatic nitrogens is 2. The van der Waals surface area contributed by atoms with E-state index in [2.05, 4.69) is 15.6 Å². The number of hydrogen-bond acceptors (Lipinski definition) is 4. The van der Waals surface area contributed by atoms with Crippen molar-refractivity contribution in [2.24, 2.45) is 7.05 Å². The van der Waals surface area contributed by atoms with Crippen molar-refractivity contribution in [3.8, 4) is 0 Å². The zero-order valence-electron chi connectivity index (χ0n) is 16.1. The molecule has 1 heterocycles. The molecule has 0 aliphatic heterocycles. The van der Waals surface area contributed by atoms with Crippen molar-refractivity contribution in [3.63, 3.8) is 0 Å². The number of benzene rings is 2. The molecule has 0 radical (unpaired) electrons. The normalized spacial score (nSPS) is 13.3. The molecule has 1 aliphatic carbocycles. The van der Waals surface area contributed by atoms with Gasteiger partial charge in [-0.3, -0.25) is 19.0 Å². The van der Waals surface area contributed by atoms with E-state index >= 15 is 0 Å². The van der Waals surface area contributed by atoms with Crippen LogP contribution in [0, 0.1) is 0 Å². The number of nitrogens with zero attached hydrogens (tertiary/aromatic N) is 2. The molecule has 7 nitrogen and oxygen atoms in total. The highest BCUT2D eigenvalue weighted by molar-refractivity contribution is 5.97. The minimum atomic E-state index is -0.202. The standard InChI is InChI=1S/C22H22N4O3/c1-26-19(25-18-8-3-2-7-17(18)22(26)29)11-12-20(27)23-16-6-4-5-14(13-16)21(28)24-15-9-10-15/h2-8,13,15H,9-12H2,1H3,(H,23,27)(H,24,28). The molecule has 2 N–H and O–H groups in total. The second-order valence-corrected chi connectivity index (χ2v) is 7.29. The van der Waals surface area contributed by atoms with Crippen LogP contribution in [0.1, 0.15) is 35.4 Å². The molecule has 29 heavy (non-hydrogen) atoms. The topological polar surface area (TPSA) is 93.1 Å². The zero-order valence-corrected chi connectivity index (χ0v) is 16.1. The third kappa shape index (κ3) is 4.34. The first kappa shape index (κ1) is 18.9. The fraction of sp³-hybridized carbons (Fsp3) is 0.273. The maximum absolute atomic E-state index is 12.5. The van der Waals surface area contributed by atoms with Crippen molar-refractivity contribution in [3.05, 3.63) is 70.3 Å². The molecule has 0 saturated heterocycles. The van der Waals surface area contributed by atoms with Crippen molar-refractivity contribution in [2.75, 3.05) is 5.32 Å². The summed E-state index contributed by atoms with van der Waals surface area (Å²) in [6.07, 6.45) is 2.56. The number of nitrogens with one attached hydrogen (secondary N) is 2. The van der Waals surface area contributed by atoms with Gasteiger partial charge in [-0.1, -0.05) is 18.2 Å². The van der Waals surface area contributed by atoms with Gasteiger partial charge in [0.2, 0.25) is 5.91 Å². The second kappa shape index (κ2) is 7.87. The molecule has 0 spiro atoms. The van der Waals surface area contributed by atoms with E-state index in [1.807, 2.05) is 6.07 Å². The van der Waals surface area contributed by atoms with E-state index in [1.165, 1.54) is 4.57 Å². The Labute approximate surface area is 167 Å². The molecule has 7 heteroatoms. The molecule has 0 atom stereocenters. The number of aryl methyl sites for hydroxylation is 1. The van der Waals surface area contributed by atoms with Gasteiger partial charge in [-0.2, -0.15) is 0 Å². The van der Waals surface area contributed by atoms with Gasteiger partial charge in [0.05, 0.1) is 10.9 Å². The lowest BCUT2D eigenvalue weighted by Gasteiger charge is -2.10. The lowest BCUT2D eigenvalue weighted by atomic mass is 10.1. The summed E-state index contributed by atoms with van der Waals surface area (Å²) < 4.78 is 1.48. The second-order valence-electron chi connectivity index (χ2n) is 7.29. The van der Waals surface area contributed by atoms with E-state index in [-0.39, 0.29) is 29.8 Å². The molecule has 2 aromatic carbocycles. The Hall–Kier alpha value is -3.48. The maximum atomic E-state index is 12.5. The summed E-state index contributed by atoms with van der Waals surface area (Å²) in [7, 11) is 1.66. The smallest absolute Gasteiger partial charge is 0.261 e. The van der Waals surface area contributed by atoms with Gasteiger partial charge in [0.1, 0.15) is 5.82 Å². The fourth-order valence-electron chi connectivity index (χ4n) is 3.17. The molecule has 1 fully saturated rings. The van der Waals surface area contributed by atoms with Crippen LogP contribution in [-0.2, 0) is 18.3 Å². The van der Waals surface area contributed by atoms with Crippen molar-refractivity contribution in [2.45, 2.75) is 31.7 Å². The first-order chi connectivity index (χ1) is 14.0. The lowest BCUT2D eigenvalue weighted by molar-refractivity contribution is -0.116. The molecule has 0 bridgehead atoms. The maximum Gasteiger partial charge on any atom is 0.261 e. The lowest BCUT2D eigenvalue weighted by Crippen LogP contribution is -2.25. The Morgan fingerprint density at radius 3 is 2.72 bits per heavy atom. The summed E-state index contributed by atoms with van der Waals surface area (Å²) in [5, 5.41) is 6.30. The number of rotatable bonds is 6. The van der Waals surface area contributed by atoms with Gasteiger partial charge in [-0.05, 0) is 43.2 Å². The third-order valence-corrected chi connectivity index (χ3v) is 4.97. The summed E-state index contributed by atoms with van der Waals surface area (Å²) >= 11 is 0. The van der Waals surface area contributed by atoms with E-state index in [0.29, 0.717) is 34.4 Å². The van der Waals surface area contributed by atoms with Gasteiger partial charge in [-0.25, -0.2) is 4.98 Å². The first-order valence-corrected chi connectivity index (χ1v) is 9.67. The van der Waals surface area contributed by atoms with Crippen LogP contribution < -0.4 is 16.2 Å². The van der Waals surface area contributed by atoms with Crippen molar-refractivity contribution in [1.29, 1.82) is 0 Å². The van der Waals surface area contributed by atoms with E-state index in [9.17, 15) is 14.4 Å². The van der Waals surface area contributed by atoms with Crippen LogP contribution in [-0.4, -0.2) is 27.4 Å². The molecule has 4 rings (SSSR count). The average molecular weight is 390 g/mol. The van der Waals surface area contributed by atoms with Crippen LogP contribution in [0.2, 0.25) is 0 Å². The highest BCUT2D eigenvalue weighted by atomic mass is 16.2.